The minimum Gasteiger partial charge on any atom is -0.444 e. The van der Waals surface area contributed by atoms with Gasteiger partial charge in [-0.05, 0) is 55.3 Å². The molecule has 0 saturated heterocycles. The van der Waals surface area contributed by atoms with E-state index in [2.05, 4.69) is 31.9 Å². The third kappa shape index (κ3) is 9.75. The van der Waals surface area contributed by atoms with Crippen LogP contribution in [0.25, 0.3) is 0 Å². The van der Waals surface area contributed by atoms with Crippen molar-refractivity contribution in [2.24, 2.45) is 0 Å². The number of halogens is 1. The van der Waals surface area contributed by atoms with Gasteiger partial charge in [0, 0.05) is 26.1 Å². The lowest BCUT2D eigenvalue weighted by molar-refractivity contribution is -0.120. The largest absolute Gasteiger partial charge is 0.444 e. The van der Waals surface area contributed by atoms with Gasteiger partial charge in [0.2, 0.25) is 5.91 Å². The summed E-state index contributed by atoms with van der Waals surface area (Å²) in [5.74, 6) is -0.264. The molecule has 1 heterocycles. The molecule has 0 aliphatic carbocycles. The summed E-state index contributed by atoms with van der Waals surface area (Å²) in [7, 11) is 0. The SMILES string of the molecule is CC(C)(C)OC(=O)NCCC(=O)NCCCNC(=O)c1ccc(Br)o1. The van der Waals surface area contributed by atoms with Crippen LogP contribution in [0.15, 0.2) is 21.2 Å². The number of carbonyl (C=O) groups is 3. The third-order valence-electron chi connectivity index (χ3n) is 2.78. The van der Waals surface area contributed by atoms with Crippen LogP contribution in [0.2, 0.25) is 0 Å². The van der Waals surface area contributed by atoms with Gasteiger partial charge in [0.25, 0.3) is 5.91 Å². The van der Waals surface area contributed by atoms with E-state index in [9.17, 15) is 14.4 Å². The van der Waals surface area contributed by atoms with Crippen molar-refractivity contribution in [3.63, 3.8) is 0 Å². The lowest BCUT2D eigenvalue weighted by atomic mass is 10.2. The van der Waals surface area contributed by atoms with Crippen molar-refractivity contribution in [2.75, 3.05) is 19.6 Å². The van der Waals surface area contributed by atoms with Gasteiger partial charge in [-0.3, -0.25) is 9.59 Å². The highest BCUT2D eigenvalue weighted by atomic mass is 79.9. The first-order valence-corrected chi connectivity index (χ1v) is 8.74. The van der Waals surface area contributed by atoms with Crippen LogP contribution in [0.3, 0.4) is 0 Å². The standard InChI is InChI=1S/C16H24BrN3O5/c1-16(2,3)25-15(23)20-10-7-13(21)18-8-4-9-19-14(22)11-5-6-12(17)24-11/h5-6H,4,7-10H2,1-3H3,(H,18,21)(H,19,22)(H,20,23). The molecule has 140 valence electrons. The van der Waals surface area contributed by atoms with Crippen molar-refractivity contribution >= 4 is 33.8 Å². The molecule has 25 heavy (non-hydrogen) atoms. The second-order valence-corrected chi connectivity index (χ2v) is 7.02. The summed E-state index contributed by atoms with van der Waals surface area (Å²) in [6.45, 7) is 6.33. The van der Waals surface area contributed by atoms with Gasteiger partial charge in [0.1, 0.15) is 5.60 Å². The molecule has 9 heteroatoms. The molecule has 0 saturated carbocycles. The van der Waals surface area contributed by atoms with Gasteiger partial charge in [-0.2, -0.15) is 0 Å². The number of hydrogen-bond donors (Lipinski definition) is 3. The van der Waals surface area contributed by atoms with Crippen LogP contribution in [0.1, 0.15) is 44.2 Å². The van der Waals surface area contributed by atoms with Gasteiger partial charge < -0.3 is 25.1 Å². The maximum atomic E-state index is 11.7. The lowest BCUT2D eigenvalue weighted by Gasteiger charge is -2.19. The first-order chi connectivity index (χ1) is 11.7. The molecule has 0 aliphatic heterocycles. The van der Waals surface area contributed by atoms with Gasteiger partial charge in [0.05, 0.1) is 0 Å². The fourth-order valence-electron chi connectivity index (χ4n) is 1.72. The summed E-state index contributed by atoms with van der Waals surface area (Å²) in [6, 6.07) is 3.21. The Kier molecular flexibility index (Phi) is 8.47. The fourth-order valence-corrected chi connectivity index (χ4v) is 2.03. The van der Waals surface area contributed by atoms with Crippen LogP contribution >= 0.6 is 15.9 Å². The van der Waals surface area contributed by atoms with E-state index in [4.69, 9.17) is 9.15 Å². The maximum absolute atomic E-state index is 11.7. The predicted octanol–water partition coefficient (Wildman–Crippen LogP) is 2.19. The van der Waals surface area contributed by atoms with Gasteiger partial charge in [-0.15, -0.1) is 0 Å². The van der Waals surface area contributed by atoms with E-state index in [0.29, 0.717) is 24.2 Å². The van der Waals surface area contributed by atoms with Crippen molar-refractivity contribution in [2.45, 2.75) is 39.2 Å². The number of alkyl carbamates (subject to hydrolysis) is 1. The average Bonchev–Trinajstić information content (AvgIpc) is 2.91. The Morgan fingerprint density at radius 3 is 2.36 bits per heavy atom. The molecule has 1 aromatic heterocycles. The van der Waals surface area contributed by atoms with E-state index in [-0.39, 0.29) is 30.5 Å². The Labute approximate surface area is 155 Å². The fraction of sp³-hybridized carbons (Fsp3) is 0.562. The van der Waals surface area contributed by atoms with Crippen molar-refractivity contribution in [1.29, 1.82) is 0 Å². The van der Waals surface area contributed by atoms with Gasteiger partial charge in [-0.25, -0.2) is 4.79 Å². The van der Waals surface area contributed by atoms with E-state index >= 15 is 0 Å². The molecular formula is C16H24BrN3O5. The molecular weight excluding hydrogens is 394 g/mol. The molecule has 0 spiro atoms. The monoisotopic (exact) mass is 417 g/mol. The molecule has 0 bridgehead atoms. The number of nitrogens with one attached hydrogen (secondary N) is 3. The minimum atomic E-state index is -0.567. The Hall–Kier alpha value is -2.03. The zero-order chi connectivity index (χ0) is 18.9. The number of hydrogen-bond acceptors (Lipinski definition) is 5. The second-order valence-electron chi connectivity index (χ2n) is 6.24. The van der Waals surface area contributed by atoms with Crippen LogP contribution in [0.4, 0.5) is 4.79 Å². The summed E-state index contributed by atoms with van der Waals surface area (Å²) in [4.78, 5) is 34.7. The smallest absolute Gasteiger partial charge is 0.407 e. The quantitative estimate of drug-likeness (QED) is 0.561. The molecule has 0 radical (unpaired) electrons. The molecule has 3 amide bonds. The lowest BCUT2D eigenvalue weighted by Crippen LogP contribution is -2.35. The van der Waals surface area contributed by atoms with E-state index < -0.39 is 11.7 Å². The summed E-state index contributed by atoms with van der Waals surface area (Å²) in [6.07, 6.45) is 0.192. The van der Waals surface area contributed by atoms with E-state index in [1.807, 2.05) is 0 Å². The van der Waals surface area contributed by atoms with Crippen LogP contribution in [-0.2, 0) is 9.53 Å². The van der Waals surface area contributed by atoms with Crippen molar-refractivity contribution in [1.82, 2.24) is 16.0 Å². The van der Waals surface area contributed by atoms with Gasteiger partial charge in [-0.1, -0.05) is 0 Å². The number of ether oxygens (including phenoxy) is 1. The zero-order valence-corrected chi connectivity index (χ0v) is 16.2. The first kappa shape index (κ1) is 21.0. The van der Waals surface area contributed by atoms with E-state index in [0.717, 1.165) is 0 Å². The molecule has 0 fully saturated rings. The number of carbonyl (C=O) groups excluding carboxylic acids is 3. The van der Waals surface area contributed by atoms with E-state index in [1.54, 1.807) is 32.9 Å². The third-order valence-corrected chi connectivity index (χ3v) is 3.20. The highest BCUT2D eigenvalue weighted by Gasteiger charge is 2.15. The van der Waals surface area contributed by atoms with Gasteiger partial charge >= 0.3 is 6.09 Å². The Morgan fingerprint density at radius 1 is 1.08 bits per heavy atom. The molecule has 0 aromatic carbocycles. The molecule has 0 unspecified atom stereocenters. The molecule has 0 aliphatic rings. The maximum Gasteiger partial charge on any atom is 0.407 e. The van der Waals surface area contributed by atoms with Crippen molar-refractivity contribution in [3.05, 3.63) is 22.6 Å². The summed E-state index contributed by atoms with van der Waals surface area (Å²) in [5, 5.41) is 7.91. The van der Waals surface area contributed by atoms with E-state index in [1.165, 1.54) is 0 Å². The molecule has 8 nitrogen and oxygen atoms in total. The van der Waals surface area contributed by atoms with Crippen LogP contribution < -0.4 is 16.0 Å². The van der Waals surface area contributed by atoms with Crippen LogP contribution in [0, 0.1) is 0 Å². The predicted molar refractivity (Wildman–Crippen MR) is 95.2 cm³/mol. The summed E-state index contributed by atoms with van der Waals surface area (Å²) < 4.78 is 10.7. The summed E-state index contributed by atoms with van der Waals surface area (Å²) in [5.41, 5.74) is -0.567. The molecule has 0 atom stereocenters. The second kappa shape index (κ2) is 10.1. The zero-order valence-electron chi connectivity index (χ0n) is 14.6. The number of amides is 3. The Bertz CT molecular complexity index is 595. The Morgan fingerprint density at radius 2 is 1.76 bits per heavy atom. The highest BCUT2D eigenvalue weighted by molar-refractivity contribution is 9.10. The minimum absolute atomic E-state index is 0.159. The normalized spacial score (nSPS) is 10.9. The average molecular weight is 418 g/mol. The topological polar surface area (TPSA) is 110 Å². The van der Waals surface area contributed by atoms with Crippen LogP contribution in [-0.4, -0.2) is 43.1 Å². The molecule has 3 N–H and O–H groups in total. The van der Waals surface area contributed by atoms with Crippen LogP contribution in [0.5, 0.6) is 0 Å². The van der Waals surface area contributed by atoms with Crippen molar-refractivity contribution < 1.29 is 23.5 Å². The Balaban J connectivity index is 2.05. The van der Waals surface area contributed by atoms with Crippen molar-refractivity contribution in [3.8, 4) is 0 Å². The van der Waals surface area contributed by atoms with Gasteiger partial charge in [0.15, 0.2) is 10.4 Å². The molecule has 1 aromatic rings. The number of furan rings is 1. The summed E-state index contributed by atoms with van der Waals surface area (Å²) >= 11 is 3.12. The first-order valence-electron chi connectivity index (χ1n) is 7.94. The molecule has 1 rings (SSSR count). The number of rotatable bonds is 8. The highest BCUT2D eigenvalue weighted by Crippen LogP contribution is 2.13.